The molecule has 0 aliphatic heterocycles. The summed E-state index contributed by atoms with van der Waals surface area (Å²) in [5, 5.41) is 0. The van der Waals surface area contributed by atoms with Crippen molar-refractivity contribution in [2.45, 2.75) is 57.0 Å². The van der Waals surface area contributed by atoms with Gasteiger partial charge < -0.3 is 4.57 Å². The molecule has 2 aromatic heterocycles. The maximum absolute atomic E-state index is 13.1. The Kier molecular flexibility index (Phi) is 5.23. The lowest BCUT2D eigenvalue weighted by Gasteiger charge is -2.25. The second-order valence-electron chi connectivity index (χ2n) is 6.88. The third kappa shape index (κ3) is 3.56. The van der Waals surface area contributed by atoms with Crippen LogP contribution in [0.5, 0.6) is 0 Å². The highest BCUT2D eigenvalue weighted by molar-refractivity contribution is 7.89. The summed E-state index contributed by atoms with van der Waals surface area (Å²) in [6.07, 6.45) is 5.52. The fourth-order valence-corrected chi connectivity index (χ4v) is 6.21. The molecule has 26 heavy (non-hydrogen) atoms. The lowest BCUT2D eigenvalue weighted by atomic mass is 9.99. The Morgan fingerprint density at radius 2 is 1.96 bits per heavy atom. The number of aromatic amines is 1. The molecule has 3 rings (SSSR count). The van der Waals surface area contributed by atoms with E-state index in [0.29, 0.717) is 0 Å². The van der Waals surface area contributed by atoms with E-state index in [1.807, 2.05) is 0 Å². The number of hydrogen-bond acceptors (Lipinski definition) is 5. The van der Waals surface area contributed by atoms with Gasteiger partial charge in [-0.1, -0.05) is 0 Å². The normalized spacial score (nSPS) is 14.8. The van der Waals surface area contributed by atoms with Crippen LogP contribution in [0.25, 0.3) is 0 Å². The molecule has 0 spiro atoms. The Morgan fingerprint density at radius 3 is 2.62 bits per heavy atom. The fourth-order valence-electron chi connectivity index (χ4n) is 3.18. The third-order valence-corrected chi connectivity index (χ3v) is 7.83. The lowest BCUT2D eigenvalue weighted by Crippen LogP contribution is -2.41. The average Bonchev–Trinajstić information content (AvgIpc) is 2.98. The average molecular weight is 398 g/mol. The van der Waals surface area contributed by atoms with Crippen molar-refractivity contribution in [3.63, 3.8) is 0 Å². The predicted octanol–water partition coefficient (Wildman–Crippen LogP) is 1.61. The third-order valence-electron chi connectivity index (χ3n) is 4.60. The maximum Gasteiger partial charge on any atom is 0.328 e. The van der Waals surface area contributed by atoms with E-state index < -0.39 is 26.2 Å². The second-order valence-corrected chi connectivity index (χ2v) is 9.96. The van der Waals surface area contributed by atoms with Crippen molar-refractivity contribution < 1.29 is 8.42 Å². The smallest absolute Gasteiger partial charge is 0.302 e. The minimum atomic E-state index is -4.03. The first-order valence-corrected chi connectivity index (χ1v) is 10.9. The SMILES string of the molecule is CC(C)N(Cc1cc2c(s1)CCCC2)S(=O)(=O)c1cn(C)c(=O)[nH]c1=O. The Balaban J connectivity index is 1.99. The van der Waals surface area contributed by atoms with E-state index in [0.717, 1.165) is 28.5 Å². The Hall–Kier alpha value is -1.71. The summed E-state index contributed by atoms with van der Waals surface area (Å²) in [7, 11) is -2.63. The van der Waals surface area contributed by atoms with E-state index in [1.165, 1.54) is 34.6 Å². The molecule has 9 heteroatoms. The fraction of sp³-hybridized carbons (Fsp3) is 0.529. The predicted molar refractivity (Wildman–Crippen MR) is 101 cm³/mol. The second kappa shape index (κ2) is 7.13. The molecule has 2 heterocycles. The molecule has 0 saturated carbocycles. The number of aromatic nitrogens is 2. The summed E-state index contributed by atoms with van der Waals surface area (Å²) in [5.74, 6) is 0. The molecular weight excluding hydrogens is 374 g/mol. The molecule has 0 fully saturated rings. The molecule has 0 saturated heterocycles. The Morgan fingerprint density at radius 1 is 1.27 bits per heavy atom. The van der Waals surface area contributed by atoms with Gasteiger partial charge in [-0.25, -0.2) is 13.2 Å². The standard InChI is InChI=1S/C17H23N3O4S2/c1-11(2)20(9-13-8-12-6-4-5-7-14(12)25-13)26(23,24)15-10-19(3)17(22)18-16(15)21/h8,10-11H,4-7,9H2,1-3H3,(H,18,21,22). The summed E-state index contributed by atoms with van der Waals surface area (Å²) < 4.78 is 28.6. The van der Waals surface area contributed by atoms with Crippen molar-refractivity contribution in [2.24, 2.45) is 7.05 Å². The van der Waals surface area contributed by atoms with Crippen LogP contribution in [0.2, 0.25) is 0 Å². The van der Waals surface area contributed by atoms with Crippen molar-refractivity contribution in [3.8, 4) is 0 Å². The highest BCUT2D eigenvalue weighted by atomic mass is 32.2. The molecular formula is C17H23N3O4S2. The van der Waals surface area contributed by atoms with E-state index in [1.54, 1.807) is 25.2 Å². The molecule has 142 valence electrons. The van der Waals surface area contributed by atoms with E-state index in [2.05, 4.69) is 11.1 Å². The maximum atomic E-state index is 13.1. The summed E-state index contributed by atoms with van der Waals surface area (Å²) >= 11 is 1.65. The summed E-state index contributed by atoms with van der Waals surface area (Å²) in [6, 6.07) is 1.77. The van der Waals surface area contributed by atoms with Gasteiger partial charge in [-0.2, -0.15) is 4.31 Å². The topological polar surface area (TPSA) is 92.2 Å². The minimum absolute atomic E-state index is 0.222. The molecule has 1 aliphatic carbocycles. The molecule has 0 bridgehead atoms. The number of H-pyrrole nitrogens is 1. The first-order valence-electron chi connectivity index (χ1n) is 8.62. The molecule has 7 nitrogen and oxygen atoms in total. The van der Waals surface area contributed by atoms with Gasteiger partial charge in [-0.15, -0.1) is 11.3 Å². The van der Waals surface area contributed by atoms with Gasteiger partial charge in [-0.3, -0.25) is 9.78 Å². The molecule has 0 aromatic carbocycles. The monoisotopic (exact) mass is 397 g/mol. The van der Waals surface area contributed by atoms with Crippen molar-refractivity contribution in [3.05, 3.63) is 48.4 Å². The summed E-state index contributed by atoms with van der Waals surface area (Å²) in [6.45, 7) is 3.78. The van der Waals surface area contributed by atoms with Gasteiger partial charge in [0.1, 0.15) is 0 Å². The Labute approximate surface area is 156 Å². The van der Waals surface area contributed by atoms with Crippen molar-refractivity contribution in [1.82, 2.24) is 13.9 Å². The zero-order valence-electron chi connectivity index (χ0n) is 15.1. The summed E-state index contributed by atoms with van der Waals surface area (Å²) in [5.41, 5.74) is -0.211. The molecule has 0 atom stereocenters. The van der Waals surface area contributed by atoms with Gasteiger partial charge in [0.25, 0.3) is 15.6 Å². The number of rotatable bonds is 5. The van der Waals surface area contributed by atoms with Crippen LogP contribution in [0.1, 0.15) is 42.0 Å². The summed E-state index contributed by atoms with van der Waals surface area (Å²) in [4.78, 5) is 27.6. The van der Waals surface area contributed by atoms with Gasteiger partial charge in [0, 0.05) is 35.6 Å². The highest BCUT2D eigenvalue weighted by Gasteiger charge is 2.31. The van der Waals surface area contributed by atoms with Crippen LogP contribution in [-0.4, -0.2) is 28.3 Å². The first kappa shape index (κ1) is 19.1. The molecule has 2 aromatic rings. The van der Waals surface area contributed by atoms with E-state index in [-0.39, 0.29) is 12.6 Å². The van der Waals surface area contributed by atoms with Crippen LogP contribution >= 0.6 is 11.3 Å². The molecule has 0 amide bonds. The van der Waals surface area contributed by atoms with Crippen LogP contribution < -0.4 is 11.2 Å². The number of thiophene rings is 1. The first-order chi connectivity index (χ1) is 12.2. The molecule has 1 aliphatic rings. The van der Waals surface area contributed by atoms with Crippen LogP contribution in [0.3, 0.4) is 0 Å². The molecule has 0 unspecified atom stereocenters. The quantitative estimate of drug-likeness (QED) is 0.830. The van der Waals surface area contributed by atoms with E-state index in [9.17, 15) is 18.0 Å². The van der Waals surface area contributed by atoms with Crippen LogP contribution in [0, 0.1) is 0 Å². The minimum Gasteiger partial charge on any atom is -0.302 e. The van der Waals surface area contributed by atoms with Gasteiger partial charge >= 0.3 is 5.69 Å². The van der Waals surface area contributed by atoms with Gasteiger partial charge in [-0.05, 0) is 51.2 Å². The van der Waals surface area contributed by atoms with Gasteiger partial charge in [0.2, 0.25) is 0 Å². The van der Waals surface area contributed by atoms with Crippen molar-refractivity contribution in [2.75, 3.05) is 0 Å². The largest absolute Gasteiger partial charge is 0.328 e. The van der Waals surface area contributed by atoms with Crippen LogP contribution in [0.15, 0.2) is 26.7 Å². The number of nitrogens with zero attached hydrogens (tertiary/aromatic N) is 2. The van der Waals surface area contributed by atoms with E-state index in [4.69, 9.17) is 0 Å². The van der Waals surface area contributed by atoms with E-state index >= 15 is 0 Å². The van der Waals surface area contributed by atoms with Crippen molar-refractivity contribution in [1.29, 1.82) is 0 Å². The zero-order chi connectivity index (χ0) is 19.1. The number of nitrogens with one attached hydrogen (secondary N) is 1. The van der Waals surface area contributed by atoms with Crippen LogP contribution in [0.4, 0.5) is 0 Å². The van der Waals surface area contributed by atoms with Crippen LogP contribution in [-0.2, 0) is 36.5 Å². The highest BCUT2D eigenvalue weighted by Crippen LogP contribution is 2.31. The number of aryl methyl sites for hydroxylation is 3. The number of hydrogen-bond donors (Lipinski definition) is 1. The number of sulfonamides is 1. The van der Waals surface area contributed by atoms with Gasteiger partial charge in [0.15, 0.2) is 4.90 Å². The molecule has 1 N–H and O–H groups in total. The Bertz CT molecular complexity index is 1010. The lowest BCUT2D eigenvalue weighted by molar-refractivity contribution is 0.349. The van der Waals surface area contributed by atoms with Gasteiger partial charge in [0.05, 0.1) is 0 Å². The molecule has 0 radical (unpaired) electrons. The number of fused-ring (bicyclic) bond motifs is 1. The van der Waals surface area contributed by atoms with Crippen molar-refractivity contribution >= 4 is 21.4 Å². The zero-order valence-corrected chi connectivity index (χ0v) is 16.7.